The Hall–Kier alpha value is -1.32. The van der Waals surface area contributed by atoms with E-state index in [9.17, 15) is 4.79 Å². The Bertz CT molecular complexity index is 436. The fourth-order valence-corrected chi connectivity index (χ4v) is 2.93. The summed E-state index contributed by atoms with van der Waals surface area (Å²) in [5, 5.41) is 3.77. The molecule has 1 aliphatic carbocycles. The monoisotopic (exact) mass is 220 g/mol. The Morgan fingerprint density at radius 1 is 1.50 bits per heavy atom. The highest BCUT2D eigenvalue weighted by Gasteiger charge is 2.62. The summed E-state index contributed by atoms with van der Waals surface area (Å²) >= 11 is 0. The van der Waals surface area contributed by atoms with Crippen LogP contribution in [-0.2, 0) is 0 Å². The molecular formula is C12H16N2O2. The van der Waals surface area contributed by atoms with Gasteiger partial charge in [0.05, 0.1) is 0 Å². The van der Waals surface area contributed by atoms with Gasteiger partial charge in [0.2, 0.25) is 0 Å². The Morgan fingerprint density at radius 3 is 2.62 bits per heavy atom. The number of likely N-dealkylation sites (tertiary alicyclic amines) is 1. The van der Waals surface area contributed by atoms with Crippen molar-refractivity contribution in [2.24, 2.45) is 17.3 Å². The van der Waals surface area contributed by atoms with Crippen LogP contribution in [0.5, 0.6) is 0 Å². The SMILES string of the molecule is Cc1cc(C(=O)N2CC3C(C2)C3(C)C)no1. The molecule has 1 aromatic heterocycles. The molecule has 2 aliphatic rings. The minimum atomic E-state index is 0.0138. The van der Waals surface area contributed by atoms with E-state index in [1.165, 1.54) is 0 Å². The Balaban J connectivity index is 1.71. The minimum absolute atomic E-state index is 0.0138. The molecule has 16 heavy (non-hydrogen) atoms. The van der Waals surface area contributed by atoms with Gasteiger partial charge in [-0.25, -0.2) is 0 Å². The van der Waals surface area contributed by atoms with Gasteiger partial charge in [0, 0.05) is 19.2 Å². The van der Waals surface area contributed by atoms with Crippen LogP contribution in [-0.4, -0.2) is 29.1 Å². The van der Waals surface area contributed by atoms with Gasteiger partial charge >= 0.3 is 0 Å². The van der Waals surface area contributed by atoms with Crippen molar-refractivity contribution in [1.82, 2.24) is 10.1 Å². The molecule has 0 spiro atoms. The zero-order valence-electron chi connectivity index (χ0n) is 9.86. The first-order valence-electron chi connectivity index (χ1n) is 5.73. The normalized spacial score (nSPS) is 30.3. The molecule has 2 fully saturated rings. The highest BCUT2D eigenvalue weighted by atomic mass is 16.5. The molecular weight excluding hydrogens is 204 g/mol. The number of hydrogen-bond acceptors (Lipinski definition) is 3. The van der Waals surface area contributed by atoms with Gasteiger partial charge in [-0.05, 0) is 24.2 Å². The summed E-state index contributed by atoms with van der Waals surface area (Å²) in [6, 6.07) is 1.71. The number of carbonyl (C=O) groups excluding carboxylic acids is 1. The maximum absolute atomic E-state index is 12.0. The second kappa shape index (κ2) is 2.87. The molecule has 4 heteroatoms. The fourth-order valence-electron chi connectivity index (χ4n) is 2.93. The van der Waals surface area contributed by atoms with Crippen LogP contribution < -0.4 is 0 Å². The average Bonchev–Trinajstić information content (AvgIpc) is 2.72. The van der Waals surface area contributed by atoms with Crippen LogP contribution >= 0.6 is 0 Å². The molecule has 0 aromatic carbocycles. The zero-order chi connectivity index (χ0) is 11.5. The van der Waals surface area contributed by atoms with Crippen LogP contribution in [0.2, 0.25) is 0 Å². The minimum Gasteiger partial charge on any atom is -0.361 e. The van der Waals surface area contributed by atoms with Crippen molar-refractivity contribution in [3.05, 3.63) is 17.5 Å². The van der Waals surface area contributed by atoms with Crippen LogP contribution in [0.4, 0.5) is 0 Å². The van der Waals surface area contributed by atoms with Crippen molar-refractivity contribution in [2.45, 2.75) is 20.8 Å². The van der Waals surface area contributed by atoms with Gasteiger partial charge < -0.3 is 9.42 Å². The smallest absolute Gasteiger partial charge is 0.276 e. The van der Waals surface area contributed by atoms with Crippen molar-refractivity contribution in [3.8, 4) is 0 Å². The third-order valence-corrected chi connectivity index (χ3v) is 4.26. The average molecular weight is 220 g/mol. The lowest BCUT2D eigenvalue weighted by molar-refractivity contribution is 0.0747. The van der Waals surface area contributed by atoms with Crippen molar-refractivity contribution < 1.29 is 9.32 Å². The number of hydrogen-bond donors (Lipinski definition) is 0. The largest absolute Gasteiger partial charge is 0.361 e. The standard InChI is InChI=1S/C12H16N2O2/c1-7-4-10(13-16-7)11(15)14-5-8-9(6-14)12(8,2)3/h4,8-9H,5-6H2,1-3H3. The molecule has 1 aliphatic heterocycles. The summed E-state index contributed by atoms with van der Waals surface area (Å²) in [4.78, 5) is 13.9. The van der Waals surface area contributed by atoms with Crippen LogP contribution in [0.25, 0.3) is 0 Å². The topological polar surface area (TPSA) is 46.3 Å². The van der Waals surface area contributed by atoms with Crippen LogP contribution in [0, 0.1) is 24.2 Å². The molecule has 2 atom stereocenters. The lowest BCUT2D eigenvalue weighted by Gasteiger charge is -2.20. The first-order chi connectivity index (χ1) is 7.50. The second-order valence-electron chi connectivity index (χ2n) is 5.57. The molecule has 1 saturated carbocycles. The van der Waals surface area contributed by atoms with E-state index in [-0.39, 0.29) is 5.91 Å². The zero-order valence-corrected chi connectivity index (χ0v) is 9.86. The van der Waals surface area contributed by atoms with E-state index < -0.39 is 0 Å². The fraction of sp³-hybridized carbons (Fsp3) is 0.667. The lowest BCUT2D eigenvalue weighted by Crippen LogP contribution is -2.33. The number of fused-ring (bicyclic) bond motifs is 1. The van der Waals surface area contributed by atoms with E-state index in [2.05, 4.69) is 19.0 Å². The van der Waals surface area contributed by atoms with Gasteiger partial charge in [-0.15, -0.1) is 0 Å². The van der Waals surface area contributed by atoms with Gasteiger partial charge in [-0.2, -0.15) is 0 Å². The van der Waals surface area contributed by atoms with Crippen LogP contribution in [0.1, 0.15) is 30.1 Å². The molecule has 2 heterocycles. The van der Waals surface area contributed by atoms with E-state index >= 15 is 0 Å². The molecule has 2 unspecified atom stereocenters. The summed E-state index contributed by atoms with van der Waals surface area (Å²) in [5.41, 5.74) is 0.882. The number of carbonyl (C=O) groups is 1. The second-order valence-corrected chi connectivity index (χ2v) is 5.57. The van der Waals surface area contributed by atoms with Gasteiger partial charge in [0.25, 0.3) is 5.91 Å². The quantitative estimate of drug-likeness (QED) is 0.723. The summed E-state index contributed by atoms with van der Waals surface area (Å²) in [6.07, 6.45) is 0. The predicted octanol–water partition coefficient (Wildman–Crippen LogP) is 1.71. The molecule has 3 rings (SSSR count). The predicted molar refractivity (Wildman–Crippen MR) is 57.9 cm³/mol. The molecule has 1 amide bonds. The Labute approximate surface area is 94.6 Å². The molecule has 0 N–H and O–H groups in total. The van der Waals surface area contributed by atoms with Gasteiger partial charge in [-0.3, -0.25) is 4.79 Å². The van der Waals surface area contributed by atoms with E-state index in [1.807, 2.05) is 4.90 Å². The van der Waals surface area contributed by atoms with E-state index in [0.29, 0.717) is 28.7 Å². The van der Waals surface area contributed by atoms with Gasteiger partial charge in [0.1, 0.15) is 5.76 Å². The highest BCUT2D eigenvalue weighted by molar-refractivity contribution is 5.92. The van der Waals surface area contributed by atoms with E-state index in [0.717, 1.165) is 13.1 Å². The maximum Gasteiger partial charge on any atom is 0.276 e. The van der Waals surface area contributed by atoms with Crippen molar-refractivity contribution in [1.29, 1.82) is 0 Å². The van der Waals surface area contributed by atoms with Crippen LogP contribution in [0.15, 0.2) is 10.6 Å². The molecule has 86 valence electrons. The van der Waals surface area contributed by atoms with Gasteiger partial charge in [0.15, 0.2) is 5.69 Å². The maximum atomic E-state index is 12.0. The van der Waals surface area contributed by atoms with Gasteiger partial charge in [-0.1, -0.05) is 19.0 Å². The highest BCUT2D eigenvalue weighted by Crippen LogP contribution is 2.61. The Morgan fingerprint density at radius 2 is 2.12 bits per heavy atom. The number of rotatable bonds is 1. The number of aromatic nitrogens is 1. The summed E-state index contributed by atoms with van der Waals surface area (Å²) in [5.74, 6) is 2.07. The lowest BCUT2D eigenvalue weighted by atomic mass is 10.1. The number of piperidine rings is 1. The molecule has 0 radical (unpaired) electrons. The van der Waals surface area contributed by atoms with E-state index in [4.69, 9.17) is 4.52 Å². The molecule has 1 saturated heterocycles. The van der Waals surface area contributed by atoms with Crippen LogP contribution in [0.3, 0.4) is 0 Å². The van der Waals surface area contributed by atoms with Crippen molar-refractivity contribution in [3.63, 3.8) is 0 Å². The number of amides is 1. The number of nitrogens with zero attached hydrogens (tertiary/aromatic N) is 2. The summed E-state index contributed by atoms with van der Waals surface area (Å²) in [6.45, 7) is 8.12. The third-order valence-electron chi connectivity index (χ3n) is 4.26. The summed E-state index contributed by atoms with van der Waals surface area (Å²) in [7, 11) is 0. The van der Waals surface area contributed by atoms with Crippen molar-refractivity contribution in [2.75, 3.05) is 13.1 Å². The van der Waals surface area contributed by atoms with E-state index in [1.54, 1.807) is 13.0 Å². The molecule has 1 aromatic rings. The molecule has 0 bridgehead atoms. The number of aryl methyl sites for hydroxylation is 1. The summed E-state index contributed by atoms with van der Waals surface area (Å²) < 4.78 is 4.93. The van der Waals surface area contributed by atoms with Crippen molar-refractivity contribution >= 4 is 5.91 Å². The Kier molecular flexibility index (Phi) is 1.77. The first-order valence-corrected chi connectivity index (χ1v) is 5.73. The third kappa shape index (κ3) is 1.22. The first kappa shape index (κ1) is 9.87. The molecule has 4 nitrogen and oxygen atoms in total.